The topological polar surface area (TPSA) is 222 Å². The fourth-order valence-corrected chi connectivity index (χ4v) is 3.42. The zero-order chi connectivity index (χ0) is 25.7. The number of nitrogens with zero attached hydrogens (tertiary/aromatic N) is 1. The third-order valence-electron chi connectivity index (χ3n) is 4.68. The molecule has 0 aliphatic carbocycles. The van der Waals surface area contributed by atoms with Crippen LogP contribution in [0.5, 0.6) is 0 Å². The molecule has 9 N–H and O–H groups in total. The average Bonchev–Trinajstić information content (AvgIpc) is 3.30. The Balaban J connectivity index is 3.05. The summed E-state index contributed by atoms with van der Waals surface area (Å²) in [5, 5.41) is 16.8. The largest absolute Gasteiger partial charge is 0.480 e. The van der Waals surface area contributed by atoms with Gasteiger partial charge >= 0.3 is 5.97 Å². The van der Waals surface area contributed by atoms with Gasteiger partial charge in [0.25, 0.3) is 0 Å². The molecule has 1 aromatic rings. The molecular weight excluding hydrogens is 486 g/mol. The lowest BCUT2D eigenvalue weighted by atomic mass is 10.1. The predicted molar refractivity (Wildman–Crippen MR) is 129 cm³/mol. The molecule has 0 aliphatic heterocycles. The van der Waals surface area contributed by atoms with Gasteiger partial charge in [0.1, 0.15) is 18.1 Å². The number of imidazole rings is 1. The first kappa shape index (κ1) is 29.3. The number of hydrogen-bond donors (Lipinski definition) is 8. The summed E-state index contributed by atoms with van der Waals surface area (Å²) in [5.74, 6) is -3.54. The first-order valence-electron chi connectivity index (χ1n) is 10.3. The Bertz CT molecular complexity index is 839. The molecule has 0 saturated carbocycles. The van der Waals surface area contributed by atoms with E-state index >= 15 is 0 Å². The lowest BCUT2D eigenvalue weighted by molar-refractivity contribution is -0.142. The number of aromatic nitrogens is 2. The molecule has 0 saturated heterocycles. The zero-order valence-electron chi connectivity index (χ0n) is 18.7. The molecule has 0 spiro atoms. The van der Waals surface area contributed by atoms with Crippen molar-refractivity contribution in [3.63, 3.8) is 0 Å². The van der Waals surface area contributed by atoms with Crippen molar-refractivity contribution < 1.29 is 29.1 Å². The fraction of sp³-hybridized carbons (Fsp3) is 0.579. The fourth-order valence-electron chi connectivity index (χ4n) is 2.78. The molecule has 1 heterocycles. The number of amides is 4. The van der Waals surface area contributed by atoms with Gasteiger partial charge in [-0.15, -0.1) is 0 Å². The number of rotatable bonds is 16. The molecule has 13 nitrogen and oxygen atoms in total. The van der Waals surface area contributed by atoms with Gasteiger partial charge < -0.3 is 37.5 Å². The maximum absolute atomic E-state index is 13.0. The highest BCUT2D eigenvalue weighted by molar-refractivity contribution is 7.98. The Hall–Kier alpha value is -2.78. The van der Waals surface area contributed by atoms with Crippen molar-refractivity contribution >= 4 is 54.0 Å². The van der Waals surface area contributed by atoms with Crippen molar-refractivity contribution in [3.05, 3.63) is 18.2 Å². The van der Waals surface area contributed by atoms with Crippen LogP contribution in [0.3, 0.4) is 0 Å². The maximum atomic E-state index is 13.0. The number of nitrogens with one attached hydrogen (secondary N) is 4. The van der Waals surface area contributed by atoms with E-state index in [-0.39, 0.29) is 31.4 Å². The Morgan fingerprint density at radius 1 is 1.09 bits per heavy atom. The van der Waals surface area contributed by atoms with E-state index in [1.807, 2.05) is 6.26 Å². The number of H-pyrrole nitrogens is 1. The summed E-state index contributed by atoms with van der Waals surface area (Å²) >= 11 is 5.37. The van der Waals surface area contributed by atoms with Crippen LogP contribution in [0.25, 0.3) is 0 Å². The number of primary amides is 1. The first-order valence-corrected chi connectivity index (χ1v) is 12.4. The van der Waals surface area contributed by atoms with E-state index in [0.29, 0.717) is 11.4 Å². The van der Waals surface area contributed by atoms with E-state index in [1.54, 1.807) is 0 Å². The normalized spacial score (nSPS) is 14.3. The second-order valence-corrected chi connectivity index (χ2v) is 8.73. The van der Waals surface area contributed by atoms with E-state index in [0.717, 1.165) is 0 Å². The molecule has 4 atom stereocenters. The van der Waals surface area contributed by atoms with Gasteiger partial charge in [0.15, 0.2) is 0 Å². The van der Waals surface area contributed by atoms with Crippen LogP contribution in [0, 0.1) is 0 Å². The van der Waals surface area contributed by atoms with E-state index in [1.165, 1.54) is 24.3 Å². The van der Waals surface area contributed by atoms with Crippen LogP contribution in [0.15, 0.2) is 12.5 Å². The minimum atomic E-state index is -1.21. The molecule has 0 bridgehead atoms. The second kappa shape index (κ2) is 15.2. The average molecular weight is 518 g/mol. The Labute approximate surface area is 206 Å². The van der Waals surface area contributed by atoms with Gasteiger partial charge in [-0.3, -0.25) is 19.2 Å². The van der Waals surface area contributed by atoms with Crippen molar-refractivity contribution in [1.82, 2.24) is 25.9 Å². The molecule has 0 radical (unpaired) electrons. The number of hydrogen-bond acceptors (Lipinski definition) is 9. The highest BCUT2D eigenvalue weighted by Gasteiger charge is 2.30. The summed E-state index contributed by atoms with van der Waals surface area (Å²) < 4.78 is 0. The number of carboxylic acid groups (broad SMARTS) is 1. The van der Waals surface area contributed by atoms with Gasteiger partial charge in [0, 0.05) is 30.5 Å². The number of carbonyl (C=O) groups is 5. The minimum absolute atomic E-state index is 0.0213. The van der Waals surface area contributed by atoms with Crippen LogP contribution >= 0.6 is 24.4 Å². The lowest BCUT2D eigenvalue weighted by Crippen LogP contribution is -2.58. The van der Waals surface area contributed by atoms with Crippen LogP contribution in [-0.4, -0.2) is 86.6 Å². The van der Waals surface area contributed by atoms with Crippen LogP contribution in [-0.2, 0) is 30.4 Å². The molecule has 1 aromatic heterocycles. The maximum Gasteiger partial charge on any atom is 0.326 e. The molecule has 4 amide bonds. The highest BCUT2D eigenvalue weighted by Crippen LogP contribution is 2.06. The number of thioether (sulfide) groups is 1. The molecule has 4 unspecified atom stereocenters. The quantitative estimate of drug-likeness (QED) is 0.111. The lowest BCUT2D eigenvalue weighted by Gasteiger charge is -2.24. The molecule has 0 fully saturated rings. The molecule has 34 heavy (non-hydrogen) atoms. The Kier molecular flexibility index (Phi) is 13.1. The monoisotopic (exact) mass is 517 g/mol. The molecule has 15 heteroatoms. The van der Waals surface area contributed by atoms with Crippen molar-refractivity contribution in [2.75, 3.05) is 17.8 Å². The summed E-state index contributed by atoms with van der Waals surface area (Å²) in [6.45, 7) is 0. The summed E-state index contributed by atoms with van der Waals surface area (Å²) in [7, 11) is 0. The standard InChI is InChI=1S/C19H31N7O6S2/c1-34-5-4-13(19(31)32)25-18(30)14(6-10-7-22-9-23-10)26-17(29)12(2-3-15(21)27)24-16(28)11(20)8-33/h7,9,11-14,33H,2-6,8,20H2,1H3,(H2,21,27)(H,22,23)(H,24,28)(H,25,30)(H,26,29)(H,31,32). The van der Waals surface area contributed by atoms with Crippen molar-refractivity contribution in [2.45, 2.75) is 49.9 Å². The molecule has 0 aromatic carbocycles. The summed E-state index contributed by atoms with van der Waals surface area (Å²) in [6.07, 6.45) is 4.47. The third-order valence-corrected chi connectivity index (χ3v) is 5.72. The molecular formula is C19H31N7O6S2. The SMILES string of the molecule is CSCCC(NC(=O)C(Cc1cnc[nH]1)NC(=O)C(CCC(N)=O)NC(=O)C(N)CS)C(=O)O. The minimum Gasteiger partial charge on any atom is -0.480 e. The van der Waals surface area contributed by atoms with E-state index in [4.69, 9.17) is 11.5 Å². The van der Waals surface area contributed by atoms with Crippen LogP contribution in [0.2, 0.25) is 0 Å². The van der Waals surface area contributed by atoms with Gasteiger partial charge in [0.2, 0.25) is 23.6 Å². The van der Waals surface area contributed by atoms with E-state index < -0.39 is 53.8 Å². The summed E-state index contributed by atoms with van der Waals surface area (Å²) in [5.41, 5.74) is 11.3. The first-order chi connectivity index (χ1) is 16.1. The summed E-state index contributed by atoms with van der Waals surface area (Å²) in [6, 6.07) is -4.56. The van der Waals surface area contributed by atoms with E-state index in [9.17, 15) is 29.1 Å². The van der Waals surface area contributed by atoms with Crippen molar-refractivity contribution in [1.29, 1.82) is 0 Å². The van der Waals surface area contributed by atoms with Gasteiger partial charge in [-0.05, 0) is 24.9 Å². The number of nitrogens with two attached hydrogens (primary N) is 2. The highest BCUT2D eigenvalue weighted by atomic mass is 32.2. The second-order valence-electron chi connectivity index (χ2n) is 7.38. The molecule has 1 rings (SSSR count). The molecule has 0 aliphatic rings. The van der Waals surface area contributed by atoms with Crippen molar-refractivity contribution in [2.24, 2.45) is 11.5 Å². The third kappa shape index (κ3) is 10.4. The number of aromatic amines is 1. The smallest absolute Gasteiger partial charge is 0.326 e. The van der Waals surface area contributed by atoms with Crippen molar-refractivity contribution in [3.8, 4) is 0 Å². The number of carboxylic acids is 1. The van der Waals surface area contributed by atoms with Crippen LogP contribution in [0.1, 0.15) is 25.0 Å². The number of aliphatic carboxylic acids is 1. The van der Waals surface area contributed by atoms with Crippen LogP contribution in [0.4, 0.5) is 0 Å². The Morgan fingerprint density at radius 3 is 2.24 bits per heavy atom. The number of thiol groups is 1. The zero-order valence-corrected chi connectivity index (χ0v) is 20.4. The van der Waals surface area contributed by atoms with Gasteiger partial charge in [-0.1, -0.05) is 0 Å². The van der Waals surface area contributed by atoms with Gasteiger partial charge in [0.05, 0.1) is 12.4 Å². The van der Waals surface area contributed by atoms with Gasteiger partial charge in [-0.25, -0.2) is 9.78 Å². The number of carbonyl (C=O) groups excluding carboxylic acids is 4. The molecule has 190 valence electrons. The summed E-state index contributed by atoms with van der Waals surface area (Å²) in [4.78, 5) is 67.5. The Morgan fingerprint density at radius 2 is 1.71 bits per heavy atom. The van der Waals surface area contributed by atoms with Crippen LogP contribution < -0.4 is 27.4 Å². The van der Waals surface area contributed by atoms with E-state index in [2.05, 4.69) is 38.5 Å². The predicted octanol–water partition coefficient (Wildman–Crippen LogP) is -2.23. The van der Waals surface area contributed by atoms with Gasteiger partial charge in [-0.2, -0.15) is 24.4 Å².